The Labute approximate surface area is 120 Å². The molecule has 0 amide bonds. The topological polar surface area (TPSA) is 32.5 Å². The van der Waals surface area contributed by atoms with E-state index >= 15 is 0 Å². The Morgan fingerprint density at radius 2 is 1.79 bits per heavy atom. The molecule has 0 heterocycles. The van der Waals surface area contributed by atoms with E-state index < -0.39 is 0 Å². The van der Waals surface area contributed by atoms with Crippen LogP contribution in [0.25, 0.3) is 0 Å². The molecule has 2 N–H and O–H groups in total. The summed E-state index contributed by atoms with van der Waals surface area (Å²) in [7, 11) is 0. The highest BCUT2D eigenvalue weighted by Crippen LogP contribution is 2.36. The molecule has 1 rings (SSSR count). The largest absolute Gasteiger partial charge is 0.329 e. The van der Waals surface area contributed by atoms with Crippen molar-refractivity contribution in [1.82, 2.24) is 9.80 Å². The molecular weight excluding hydrogens is 234 g/mol. The van der Waals surface area contributed by atoms with Crippen LogP contribution >= 0.6 is 0 Å². The molecule has 0 aromatic rings. The van der Waals surface area contributed by atoms with Crippen LogP contribution < -0.4 is 5.73 Å². The van der Waals surface area contributed by atoms with Gasteiger partial charge in [-0.15, -0.1) is 0 Å². The monoisotopic (exact) mass is 269 g/mol. The predicted octanol–water partition coefficient (Wildman–Crippen LogP) is 2.56. The van der Waals surface area contributed by atoms with Crippen molar-refractivity contribution in [2.24, 2.45) is 11.7 Å². The Balaban J connectivity index is 2.64. The third-order valence-electron chi connectivity index (χ3n) is 5.08. The summed E-state index contributed by atoms with van der Waals surface area (Å²) in [4.78, 5) is 5.18. The molecule has 114 valence electrons. The van der Waals surface area contributed by atoms with Gasteiger partial charge in [0, 0.05) is 25.2 Å². The number of rotatable bonds is 8. The zero-order valence-electron chi connectivity index (χ0n) is 13.6. The second-order valence-electron chi connectivity index (χ2n) is 6.24. The summed E-state index contributed by atoms with van der Waals surface area (Å²) in [5.41, 5.74) is 6.47. The standard InChI is InChI=1S/C16H35N3/c1-5-18(6-2)11-12-19(7-3)16(14-17)10-8-9-15(4)13-16/h15H,5-14,17H2,1-4H3. The van der Waals surface area contributed by atoms with Crippen LogP contribution in [0.5, 0.6) is 0 Å². The summed E-state index contributed by atoms with van der Waals surface area (Å²) in [6.07, 6.45) is 5.31. The zero-order valence-corrected chi connectivity index (χ0v) is 13.6. The molecule has 0 aromatic carbocycles. The number of hydrogen-bond donors (Lipinski definition) is 1. The molecule has 1 aliphatic rings. The maximum Gasteiger partial charge on any atom is 0.0334 e. The fourth-order valence-corrected chi connectivity index (χ4v) is 3.77. The molecule has 2 unspecified atom stereocenters. The van der Waals surface area contributed by atoms with Gasteiger partial charge in [-0.05, 0) is 38.4 Å². The minimum atomic E-state index is 0.277. The molecule has 1 saturated carbocycles. The molecule has 0 aliphatic heterocycles. The Kier molecular flexibility index (Phi) is 7.33. The third-order valence-corrected chi connectivity index (χ3v) is 5.08. The zero-order chi connectivity index (χ0) is 14.3. The number of nitrogens with two attached hydrogens (primary N) is 1. The summed E-state index contributed by atoms with van der Waals surface area (Å²) >= 11 is 0. The highest BCUT2D eigenvalue weighted by atomic mass is 15.2. The van der Waals surface area contributed by atoms with Gasteiger partial charge in [0.25, 0.3) is 0 Å². The molecule has 19 heavy (non-hydrogen) atoms. The van der Waals surface area contributed by atoms with E-state index in [1.54, 1.807) is 0 Å². The molecule has 2 atom stereocenters. The van der Waals surface area contributed by atoms with Gasteiger partial charge >= 0.3 is 0 Å². The van der Waals surface area contributed by atoms with E-state index in [1.165, 1.54) is 38.8 Å². The average Bonchev–Trinajstić information content (AvgIpc) is 2.43. The Bertz CT molecular complexity index is 240. The van der Waals surface area contributed by atoms with Crippen LogP contribution in [-0.2, 0) is 0 Å². The maximum absolute atomic E-state index is 6.19. The number of nitrogens with zero attached hydrogens (tertiary/aromatic N) is 2. The highest BCUT2D eigenvalue weighted by Gasteiger charge is 2.38. The van der Waals surface area contributed by atoms with E-state index in [1.807, 2.05) is 0 Å². The Morgan fingerprint density at radius 3 is 2.26 bits per heavy atom. The van der Waals surface area contributed by atoms with Gasteiger partial charge < -0.3 is 10.6 Å². The summed E-state index contributed by atoms with van der Waals surface area (Å²) in [6.45, 7) is 15.8. The van der Waals surface area contributed by atoms with Crippen molar-refractivity contribution in [3.8, 4) is 0 Å². The second-order valence-corrected chi connectivity index (χ2v) is 6.24. The SMILES string of the molecule is CCN(CC)CCN(CC)C1(CN)CCCC(C)C1. The number of likely N-dealkylation sites (N-methyl/N-ethyl adjacent to an activating group) is 2. The molecule has 3 heteroatoms. The van der Waals surface area contributed by atoms with Gasteiger partial charge in [-0.1, -0.05) is 40.5 Å². The maximum atomic E-state index is 6.19. The number of hydrogen-bond acceptors (Lipinski definition) is 3. The first-order valence-electron chi connectivity index (χ1n) is 8.29. The van der Waals surface area contributed by atoms with Crippen molar-refractivity contribution < 1.29 is 0 Å². The van der Waals surface area contributed by atoms with Crippen molar-refractivity contribution in [2.45, 2.75) is 58.9 Å². The molecule has 1 aliphatic carbocycles. The lowest BCUT2D eigenvalue weighted by atomic mass is 9.75. The van der Waals surface area contributed by atoms with Crippen molar-refractivity contribution in [3.05, 3.63) is 0 Å². The van der Waals surface area contributed by atoms with Crippen LogP contribution in [0, 0.1) is 5.92 Å². The van der Waals surface area contributed by atoms with E-state index in [0.717, 1.165) is 32.1 Å². The fraction of sp³-hybridized carbons (Fsp3) is 1.00. The van der Waals surface area contributed by atoms with Gasteiger partial charge in [-0.25, -0.2) is 0 Å². The summed E-state index contributed by atoms with van der Waals surface area (Å²) in [5.74, 6) is 0.833. The lowest BCUT2D eigenvalue weighted by molar-refractivity contribution is 0.0360. The van der Waals surface area contributed by atoms with Crippen LogP contribution in [0.1, 0.15) is 53.4 Å². The first-order valence-corrected chi connectivity index (χ1v) is 8.29. The molecule has 0 aromatic heterocycles. The Morgan fingerprint density at radius 1 is 1.11 bits per heavy atom. The molecule has 0 bridgehead atoms. The fourth-order valence-electron chi connectivity index (χ4n) is 3.77. The average molecular weight is 269 g/mol. The lowest BCUT2D eigenvalue weighted by Crippen LogP contribution is -2.57. The van der Waals surface area contributed by atoms with Crippen LogP contribution in [0.15, 0.2) is 0 Å². The van der Waals surface area contributed by atoms with E-state index in [4.69, 9.17) is 5.73 Å². The minimum absolute atomic E-state index is 0.277. The third kappa shape index (κ3) is 4.44. The van der Waals surface area contributed by atoms with Gasteiger partial charge in [-0.3, -0.25) is 4.90 Å². The van der Waals surface area contributed by atoms with Crippen molar-refractivity contribution >= 4 is 0 Å². The van der Waals surface area contributed by atoms with Crippen LogP contribution in [0.2, 0.25) is 0 Å². The summed E-state index contributed by atoms with van der Waals surface area (Å²) in [5, 5.41) is 0. The Hall–Kier alpha value is -0.120. The van der Waals surface area contributed by atoms with Gasteiger partial charge in [0.05, 0.1) is 0 Å². The summed E-state index contributed by atoms with van der Waals surface area (Å²) < 4.78 is 0. The smallest absolute Gasteiger partial charge is 0.0334 e. The van der Waals surface area contributed by atoms with Gasteiger partial charge in [0.1, 0.15) is 0 Å². The van der Waals surface area contributed by atoms with E-state index in [0.29, 0.717) is 0 Å². The highest BCUT2D eigenvalue weighted by molar-refractivity contribution is 4.95. The predicted molar refractivity (Wildman–Crippen MR) is 84.5 cm³/mol. The van der Waals surface area contributed by atoms with Crippen LogP contribution in [-0.4, -0.2) is 54.6 Å². The minimum Gasteiger partial charge on any atom is -0.329 e. The molecule has 3 nitrogen and oxygen atoms in total. The van der Waals surface area contributed by atoms with E-state index in [-0.39, 0.29) is 5.54 Å². The molecule has 1 fully saturated rings. The summed E-state index contributed by atoms with van der Waals surface area (Å²) in [6, 6.07) is 0. The van der Waals surface area contributed by atoms with Gasteiger partial charge in [-0.2, -0.15) is 0 Å². The molecule has 0 saturated heterocycles. The van der Waals surface area contributed by atoms with E-state index in [9.17, 15) is 0 Å². The second kappa shape index (κ2) is 8.23. The quantitative estimate of drug-likeness (QED) is 0.735. The van der Waals surface area contributed by atoms with Crippen LogP contribution in [0.3, 0.4) is 0 Å². The first kappa shape index (κ1) is 16.9. The van der Waals surface area contributed by atoms with Crippen LogP contribution in [0.4, 0.5) is 0 Å². The molecule has 0 spiro atoms. The van der Waals surface area contributed by atoms with Crippen molar-refractivity contribution in [1.29, 1.82) is 0 Å². The molecular formula is C16H35N3. The van der Waals surface area contributed by atoms with E-state index in [2.05, 4.69) is 37.5 Å². The lowest BCUT2D eigenvalue weighted by Gasteiger charge is -2.48. The van der Waals surface area contributed by atoms with Gasteiger partial charge in [0.15, 0.2) is 0 Å². The first-order chi connectivity index (χ1) is 9.11. The normalized spacial score (nSPS) is 28.3. The van der Waals surface area contributed by atoms with Gasteiger partial charge in [0.2, 0.25) is 0 Å². The molecule has 0 radical (unpaired) electrons. The van der Waals surface area contributed by atoms with Crippen molar-refractivity contribution in [2.75, 3.05) is 39.3 Å². The van der Waals surface area contributed by atoms with Crippen molar-refractivity contribution in [3.63, 3.8) is 0 Å².